The van der Waals surface area contributed by atoms with Crippen LogP contribution in [-0.4, -0.2) is 24.5 Å². The number of hydrogen-bond acceptors (Lipinski definition) is 2. The summed E-state index contributed by atoms with van der Waals surface area (Å²) in [7, 11) is 0. The zero-order chi connectivity index (χ0) is 13.0. The summed E-state index contributed by atoms with van der Waals surface area (Å²) in [5.41, 5.74) is 6.67. The second-order valence-electron chi connectivity index (χ2n) is 5.07. The van der Waals surface area contributed by atoms with Crippen molar-refractivity contribution in [1.29, 1.82) is 0 Å². The lowest BCUT2D eigenvalue weighted by Gasteiger charge is -2.32. The molecule has 0 aromatic heterocycles. The lowest BCUT2D eigenvalue weighted by Crippen LogP contribution is -2.35. The molecule has 1 aromatic carbocycles. The average molecular weight is 352 g/mol. The molecule has 1 heterocycles. The van der Waals surface area contributed by atoms with Crippen LogP contribution in [0, 0.1) is 11.7 Å². The van der Waals surface area contributed by atoms with Crippen molar-refractivity contribution in [3.8, 4) is 0 Å². The summed E-state index contributed by atoms with van der Waals surface area (Å²) in [4.78, 5) is 2.41. The Bertz CT molecular complexity index is 401. The van der Waals surface area contributed by atoms with Crippen molar-refractivity contribution in [2.45, 2.75) is 25.8 Å². The molecule has 0 bridgehead atoms. The van der Waals surface area contributed by atoms with Gasteiger partial charge in [-0.25, -0.2) is 4.39 Å². The Morgan fingerprint density at radius 1 is 1.42 bits per heavy atom. The molecule has 108 valence electrons. The van der Waals surface area contributed by atoms with E-state index in [1.54, 1.807) is 12.1 Å². The van der Waals surface area contributed by atoms with Crippen LogP contribution in [0.2, 0.25) is 0 Å². The summed E-state index contributed by atoms with van der Waals surface area (Å²) < 4.78 is 14.0. The maximum atomic E-state index is 13.4. The monoisotopic (exact) mass is 350 g/mol. The Morgan fingerprint density at radius 3 is 2.89 bits per heavy atom. The highest BCUT2D eigenvalue weighted by Crippen LogP contribution is 2.22. The van der Waals surface area contributed by atoms with Crippen molar-refractivity contribution in [1.82, 2.24) is 4.90 Å². The first kappa shape index (κ1) is 16.9. The van der Waals surface area contributed by atoms with Gasteiger partial charge in [-0.3, -0.25) is 4.90 Å². The minimum atomic E-state index is -0.178. The molecule has 0 aliphatic carbocycles. The molecule has 5 heteroatoms. The van der Waals surface area contributed by atoms with Crippen LogP contribution >= 0.6 is 28.3 Å². The van der Waals surface area contributed by atoms with Crippen LogP contribution in [0.5, 0.6) is 0 Å². The highest BCUT2D eigenvalue weighted by molar-refractivity contribution is 9.10. The van der Waals surface area contributed by atoms with Crippen LogP contribution in [0.4, 0.5) is 4.39 Å². The summed E-state index contributed by atoms with van der Waals surface area (Å²) in [5, 5.41) is 0. The predicted octanol–water partition coefficient (Wildman–Crippen LogP) is 3.57. The van der Waals surface area contributed by atoms with E-state index in [1.807, 2.05) is 6.07 Å². The zero-order valence-corrected chi connectivity index (χ0v) is 13.4. The van der Waals surface area contributed by atoms with Gasteiger partial charge in [0, 0.05) is 13.1 Å². The van der Waals surface area contributed by atoms with Gasteiger partial charge < -0.3 is 5.73 Å². The Hall–Kier alpha value is -0.160. The van der Waals surface area contributed by atoms with E-state index in [-0.39, 0.29) is 18.2 Å². The number of rotatable bonds is 4. The number of nitrogens with zero attached hydrogens (tertiary/aromatic N) is 1. The molecule has 1 aliphatic heterocycles. The smallest absolute Gasteiger partial charge is 0.137 e. The molecule has 1 atom stereocenters. The molecule has 2 nitrogen and oxygen atoms in total. The molecule has 1 fully saturated rings. The van der Waals surface area contributed by atoms with E-state index in [9.17, 15) is 4.39 Å². The van der Waals surface area contributed by atoms with E-state index in [0.717, 1.165) is 38.2 Å². The van der Waals surface area contributed by atoms with E-state index in [4.69, 9.17) is 5.73 Å². The molecule has 1 unspecified atom stereocenters. The van der Waals surface area contributed by atoms with Gasteiger partial charge >= 0.3 is 0 Å². The summed E-state index contributed by atoms with van der Waals surface area (Å²) in [6.07, 6.45) is 3.61. The van der Waals surface area contributed by atoms with Crippen LogP contribution in [0.1, 0.15) is 24.8 Å². The van der Waals surface area contributed by atoms with E-state index >= 15 is 0 Å². The number of piperidine rings is 1. The average Bonchev–Trinajstić information content (AvgIpc) is 2.35. The van der Waals surface area contributed by atoms with Gasteiger partial charge in [-0.1, -0.05) is 6.07 Å². The van der Waals surface area contributed by atoms with Crippen molar-refractivity contribution in [3.63, 3.8) is 0 Å². The number of likely N-dealkylation sites (tertiary alicyclic amines) is 1. The molecule has 1 aromatic rings. The van der Waals surface area contributed by atoms with E-state index in [2.05, 4.69) is 20.8 Å². The van der Waals surface area contributed by atoms with Crippen LogP contribution in [-0.2, 0) is 6.54 Å². The van der Waals surface area contributed by atoms with Gasteiger partial charge in [0.05, 0.1) is 4.47 Å². The number of hydrogen-bond donors (Lipinski definition) is 1. The van der Waals surface area contributed by atoms with Crippen molar-refractivity contribution in [2.75, 3.05) is 19.6 Å². The lowest BCUT2D eigenvalue weighted by atomic mass is 9.94. The third-order valence-corrected chi connectivity index (χ3v) is 4.21. The maximum absolute atomic E-state index is 13.4. The van der Waals surface area contributed by atoms with Gasteiger partial charge in [0.1, 0.15) is 5.82 Å². The molecular weight excluding hydrogens is 331 g/mol. The van der Waals surface area contributed by atoms with E-state index < -0.39 is 0 Å². The van der Waals surface area contributed by atoms with Crippen LogP contribution in [0.3, 0.4) is 0 Å². The van der Waals surface area contributed by atoms with Crippen LogP contribution < -0.4 is 5.73 Å². The third kappa shape index (κ3) is 5.03. The molecule has 0 saturated carbocycles. The summed E-state index contributed by atoms with van der Waals surface area (Å²) in [5.74, 6) is 0.534. The zero-order valence-electron chi connectivity index (χ0n) is 10.9. The minimum Gasteiger partial charge on any atom is -0.330 e. The molecular formula is C14H21BrClFN2. The normalized spacial score (nSPS) is 20.1. The van der Waals surface area contributed by atoms with Crippen molar-refractivity contribution < 1.29 is 4.39 Å². The molecule has 2 rings (SSSR count). The third-order valence-electron chi connectivity index (χ3n) is 3.57. The second-order valence-corrected chi connectivity index (χ2v) is 5.92. The number of halogens is 3. The van der Waals surface area contributed by atoms with E-state index in [1.165, 1.54) is 12.8 Å². The van der Waals surface area contributed by atoms with Gasteiger partial charge in [-0.2, -0.15) is 0 Å². The first-order valence-corrected chi connectivity index (χ1v) is 7.34. The Morgan fingerprint density at radius 2 is 2.21 bits per heavy atom. The maximum Gasteiger partial charge on any atom is 0.137 e. The molecule has 1 aliphatic rings. The number of nitrogens with two attached hydrogens (primary N) is 1. The van der Waals surface area contributed by atoms with Gasteiger partial charge in [-0.05, 0) is 71.9 Å². The number of benzene rings is 1. The van der Waals surface area contributed by atoms with Gasteiger partial charge in [-0.15, -0.1) is 12.4 Å². The quantitative estimate of drug-likeness (QED) is 0.898. The molecule has 0 amide bonds. The first-order valence-electron chi connectivity index (χ1n) is 6.55. The van der Waals surface area contributed by atoms with Crippen molar-refractivity contribution in [2.24, 2.45) is 11.7 Å². The van der Waals surface area contributed by atoms with Crippen molar-refractivity contribution >= 4 is 28.3 Å². The van der Waals surface area contributed by atoms with Gasteiger partial charge in [0.15, 0.2) is 0 Å². The van der Waals surface area contributed by atoms with Gasteiger partial charge in [0.2, 0.25) is 0 Å². The fourth-order valence-electron chi connectivity index (χ4n) is 2.66. The molecule has 19 heavy (non-hydrogen) atoms. The predicted molar refractivity (Wildman–Crippen MR) is 83.0 cm³/mol. The first-order chi connectivity index (χ1) is 8.69. The minimum absolute atomic E-state index is 0. The Balaban J connectivity index is 0.00000180. The van der Waals surface area contributed by atoms with Crippen LogP contribution in [0.15, 0.2) is 22.7 Å². The fraction of sp³-hybridized carbons (Fsp3) is 0.571. The topological polar surface area (TPSA) is 29.3 Å². The van der Waals surface area contributed by atoms with Crippen LogP contribution in [0.25, 0.3) is 0 Å². The SMILES string of the molecule is Cl.NCCC1CCCN(Cc2ccc(Br)c(F)c2)C1. The summed E-state index contributed by atoms with van der Waals surface area (Å²) >= 11 is 3.18. The van der Waals surface area contributed by atoms with Gasteiger partial charge in [0.25, 0.3) is 0 Å². The second kappa shape index (κ2) is 8.20. The van der Waals surface area contributed by atoms with Crippen molar-refractivity contribution in [3.05, 3.63) is 34.1 Å². The molecule has 0 radical (unpaired) electrons. The molecule has 2 N–H and O–H groups in total. The molecule has 1 saturated heterocycles. The Labute approximate surface area is 129 Å². The lowest BCUT2D eigenvalue weighted by molar-refractivity contribution is 0.163. The standard InChI is InChI=1S/C14H20BrFN2.ClH/c15-13-4-3-12(8-14(13)16)10-18-7-1-2-11(9-18)5-6-17;/h3-4,8,11H,1-2,5-7,9-10,17H2;1H. The highest BCUT2D eigenvalue weighted by Gasteiger charge is 2.19. The fourth-order valence-corrected chi connectivity index (χ4v) is 2.91. The Kier molecular flexibility index (Phi) is 7.29. The van der Waals surface area contributed by atoms with E-state index in [0.29, 0.717) is 10.4 Å². The largest absolute Gasteiger partial charge is 0.330 e. The summed E-state index contributed by atoms with van der Waals surface area (Å²) in [6.45, 7) is 3.81. The molecule has 0 spiro atoms. The highest BCUT2D eigenvalue weighted by atomic mass is 79.9. The summed E-state index contributed by atoms with van der Waals surface area (Å²) in [6, 6.07) is 5.39.